The van der Waals surface area contributed by atoms with Gasteiger partial charge in [0.15, 0.2) is 0 Å². The highest BCUT2D eigenvalue weighted by atomic mass is 35.5. The first-order valence-electron chi connectivity index (χ1n) is 5.31. The SMILES string of the molecule is Cc1cc2c(Cl)ccnc2cc1CCOC=O. The van der Waals surface area contributed by atoms with E-state index in [1.807, 2.05) is 19.1 Å². The molecule has 0 aliphatic rings. The average Bonchev–Trinajstić information content (AvgIpc) is 2.31. The van der Waals surface area contributed by atoms with Crippen molar-refractivity contribution in [3.8, 4) is 0 Å². The summed E-state index contributed by atoms with van der Waals surface area (Å²) in [7, 11) is 0. The number of hydrogen-bond donors (Lipinski definition) is 0. The molecule has 0 N–H and O–H groups in total. The van der Waals surface area contributed by atoms with E-state index in [1.165, 1.54) is 0 Å². The van der Waals surface area contributed by atoms with E-state index in [0.717, 1.165) is 22.0 Å². The molecule has 0 saturated carbocycles. The molecule has 0 fully saturated rings. The van der Waals surface area contributed by atoms with E-state index in [0.29, 0.717) is 24.5 Å². The van der Waals surface area contributed by atoms with Crippen molar-refractivity contribution in [2.75, 3.05) is 6.61 Å². The van der Waals surface area contributed by atoms with Crippen molar-refractivity contribution in [2.24, 2.45) is 0 Å². The third-order valence-electron chi connectivity index (χ3n) is 2.70. The Labute approximate surface area is 104 Å². The van der Waals surface area contributed by atoms with Crippen molar-refractivity contribution in [1.29, 1.82) is 0 Å². The van der Waals surface area contributed by atoms with Gasteiger partial charge in [0.2, 0.25) is 0 Å². The summed E-state index contributed by atoms with van der Waals surface area (Å²) in [5.41, 5.74) is 3.11. The second kappa shape index (κ2) is 5.15. The molecule has 0 aliphatic heterocycles. The van der Waals surface area contributed by atoms with Crippen molar-refractivity contribution in [3.63, 3.8) is 0 Å². The minimum atomic E-state index is 0.385. The number of hydrogen-bond acceptors (Lipinski definition) is 3. The summed E-state index contributed by atoms with van der Waals surface area (Å²) in [6, 6.07) is 5.78. The van der Waals surface area contributed by atoms with Gasteiger partial charge in [-0.25, -0.2) is 0 Å². The minimum absolute atomic E-state index is 0.385. The highest BCUT2D eigenvalue weighted by Gasteiger charge is 2.05. The molecular formula is C13H12ClNO2. The Morgan fingerprint density at radius 3 is 3.06 bits per heavy atom. The Hall–Kier alpha value is -1.61. The van der Waals surface area contributed by atoms with E-state index >= 15 is 0 Å². The molecule has 0 amide bonds. The van der Waals surface area contributed by atoms with Crippen LogP contribution in [0.2, 0.25) is 5.02 Å². The molecule has 1 aromatic carbocycles. The van der Waals surface area contributed by atoms with Gasteiger partial charge in [0.1, 0.15) is 0 Å². The van der Waals surface area contributed by atoms with E-state index in [2.05, 4.69) is 4.98 Å². The predicted molar refractivity (Wildman–Crippen MR) is 67.2 cm³/mol. The number of pyridine rings is 1. The van der Waals surface area contributed by atoms with E-state index in [-0.39, 0.29) is 0 Å². The maximum absolute atomic E-state index is 10.1. The van der Waals surface area contributed by atoms with Crippen LogP contribution in [-0.4, -0.2) is 18.1 Å². The van der Waals surface area contributed by atoms with Crippen LogP contribution in [0.25, 0.3) is 10.9 Å². The Balaban J connectivity index is 2.38. The van der Waals surface area contributed by atoms with Gasteiger partial charge in [-0.1, -0.05) is 11.6 Å². The lowest BCUT2D eigenvalue weighted by atomic mass is 10.0. The van der Waals surface area contributed by atoms with E-state index in [1.54, 1.807) is 12.3 Å². The predicted octanol–water partition coefficient (Wildman–Crippen LogP) is 2.91. The summed E-state index contributed by atoms with van der Waals surface area (Å²) >= 11 is 6.10. The van der Waals surface area contributed by atoms with Crippen LogP contribution in [0.15, 0.2) is 24.4 Å². The number of fused-ring (bicyclic) bond motifs is 1. The molecule has 3 nitrogen and oxygen atoms in total. The second-order valence-corrected chi connectivity index (χ2v) is 4.21. The van der Waals surface area contributed by atoms with Gasteiger partial charge < -0.3 is 4.74 Å². The standard InChI is InChI=1S/C13H12ClNO2/c1-9-6-11-12(14)2-4-15-13(11)7-10(9)3-5-17-8-16/h2,4,6-8H,3,5H2,1H3. The number of aryl methyl sites for hydroxylation is 1. The molecule has 0 atom stereocenters. The third kappa shape index (κ3) is 2.56. The number of aromatic nitrogens is 1. The van der Waals surface area contributed by atoms with Crippen molar-refractivity contribution < 1.29 is 9.53 Å². The fourth-order valence-corrected chi connectivity index (χ4v) is 2.00. The summed E-state index contributed by atoms with van der Waals surface area (Å²) in [5.74, 6) is 0. The molecule has 1 heterocycles. The monoisotopic (exact) mass is 249 g/mol. The summed E-state index contributed by atoms with van der Waals surface area (Å²) in [6.07, 6.45) is 2.38. The lowest BCUT2D eigenvalue weighted by Gasteiger charge is -2.08. The number of rotatable bonds is 4. The highest BCUT2D eigenvalue weighted by Crippen LogP contribution is 2.24. The first-order valence-corrected chi connectivity index (χ1v) is 5.69. The smallest absolute Gasteiger partial charge is 0.293 e. The Morgan fingerprint density at radius 2 is 2.29 bits per heavy atom. The summed E-state index contributed by atoms with van der Waals surface area (Å²) in [6.45, 7) is 2.86. The summed E-state index contributed by atoms with van der Waals surface area (Å²) in [4.78, 5) is 14.4. The zero-order chi connectivity index (χ0) is 12.3. The van der Waals surface area contributed by atoms with Gasteiger partial charge in [0, 0.05) is 18.0 Å². The average molecular weight is 250 g/mol. The van der Waals surface area contributed by atoms with Crippen molar-refractivity contribution in [3.05, 3.63) is 40.5 Å². The Morgan fingerprint density at radius 1 is 1.47 bits per heavy atom. The molecule has 0 bridgehead atoms. The Kier molecular flexibility index (Phi) is 3.59. The van der Waals surface area contributed by atoms with Crippen LogP contribution >= 0.6 is 11.6 Å². The normalized spacial score (nSPS) is 10.5. The van der Waals surface area contributed by atoms with Crippen molar-refractivity contribution in [1.82, 2.24) is 4.98 Å². The van der Waals surface area contributed by atoms with Gasteiger partial charge >= 0.3 is 0 Å². The fraction of sp³-hybridized carbons (Fsp3) is 0.231. The van der Waals surface area contributed by atoms with E-state index in [4.69, 9.17) is 16.3 Å². The number of carbonyl (C=O) groups excluding carboxylic acids is 1. The van der Waals surface area contributed by atoms with Crippen molar-refractivity contribution >= 4 is 29.0 Å². The zero-order valence-electron chi connectivity index (χ0n) is 9.44. The van der Waals surface area contributed by atoms with E-state index in [9.17, 15) is 4.79 Å². The van der Waals surface area contributed by atoms with Gasteiger partial charge in [-0.3, -0.25) is 9.78 Å². The lowest BCUT2D eigenvalue weighted by Crippen LogP contribution is -1.99. The van der Waals surface area contributed by atoms with Crippen LogP contribution in [0.4, 0.5) is 0 Å². The van der Waals surface area contributed by atoms with Crippen LogP contribution in [0.3, 0.4) is 0 Å². The molecule has 0 radical (unpaired) electrons. The summed E-state index contributed by atoms with van der Waals surface area (Å²) in [5, 5.41) is 1.65. The highest BCUT2D eigenvalue weighted by molar-refractivity contribution is 6.35. The maximum Gasteiger partial charge on any atom is 0.293 e. The van der Waals surface area contributed by atoms with Gasteiger partial charge in [-0.2, -0.15) is 0 Å². The van der Waals surface area contributed by atoms with Gasteiger partial charge in [0.05, 0.1) is 17.1 Å². The molecule has 17 heavy (non-hydrogen) atoms. The van der Waals surface area contributed by atoms with Crippen LogP contribution in [0, 0.1) is 6.92 Å². The second-order valence-electron chi connectivity index (χ2n) is 3.81. The number of carbonyl (C=O) groups is 1. The molecule has 0 spiro atoms. The van der Waals surface area contributed by atoms with E-state index < -0.39 is 0 Å². The Bertz CT molecular complexity index is 554. The third-order valence-corrected chi connectivity index (χ3v) is 3.03. The molecule has 0 aliphatic carbocycles. The maximum atomic E-state index is 10.1. The molecule has 2 rings (SSSR count). The van der Waals surface area contributed by atoms with Crippen LogP contribution in [-0.2, 0) is 16.0 Å². The van der Waals surface area contributed by atoms with Gasteiger partial charge in [0.25, 0.3) is 6.47 Å². The van der Waals surface area contributed by atoms with Crippen LogP contribution in [0.5, 0.6) is 0 Å². The number of nitrogens with zero attached hydrogens (tertiary/aromatic N) is 1. The molecule has 4 heteroatoms. The lowest BCUT2D eigenvalue weighted by molar-refractivity contribution is -0.128. The quantitative estimate of drug-likeness (QED) is 0.618. The molecule has 0 saturated heterocycles. The van der Waals surface area contributed by atoms with Crippen LogP contribution in [0.1, 0.15) is 11.1 Å². The largest absolute Gasteiger partial charge is 0.468 e. The van der Waals surface area contributed by atoms with Gasteiger partial charge in [-0.15, -0.1) is 0 Å². The molecule has 1 aromatic heterocycles. The first kappa shape index (κ1) is 11.9. The summed E-state index contributed by atoms with van der Waals surface area (Å²) < 4.78 is 4.70. The van der Waals surface area contributed by atoms with Gasteiger partial charge in [-0.05, 0) is 36.2 Å². The topological polar surface area (TPSA) is 39.2 Å². The fourth-order valence-electron chi connectivity index (χ4n) is 1.80. The molecule has 2 aromatic rings. The molecule has 88 valence electrons. The number of halogens is 1. The number of benzene rings is 1. The first-order chi connectivity index (χ1) is 8.22. The van der Waals surface area contributed by atoms with Crippen molar-refractivity contribution in [2.45, 2.75) is 13.3 Å². The molecular weight excluding hydrogens is 238 g/mol. The van der Waals surface area contributed by atoms with Crippen LogP contribution < -0.4 is 0 Å². The number of ether oxygens (including phenoxy) is 1. The molecule has 0 unspecified atom stereocenters. The zero-order valence-corrected chi connectivity index (χ0v) is 10.2. The minimum Gasteiger partial charge on any atom is -0.468 e.